The van der Waals surface area contributed by atoms with Gasteiger partial charge in [-0.05, 0) is 23.3 Å². The van der Waals surface area contributed by atoms with Crippen LogP contribution < -0.4 is 0 Å². The Morgan fingerprint density at radius 1 is 0.517 bits per heavy atom. The molecule has 0 aliphatic rings. The molecule has 0 radical (unpaired) electrons. The molecule has 2 heterocycles. The highest BCUT2D eigenvalue weighted by molar-refractivity contribution is 5.82. The summed E-state index contributed by atoms with van der Waals surface area (Å²) in [5, 5.41) is 8.30. The van der Waals surface area contributed by atoms with Gasteiger partial charge in [0, 0.05) is 11.1 Å². The Kier molecular flexibility index (Phi) is 4.39. The van der Waals surface area contributed by atoms with Crippen molar-refractivity contribution in [2.24, 2.45) is 0 Å². The molecular weight excluding hydrogens is 360 g/mol. The predicted octanol–water partition coefficient (Wildman–Crippen LogP) is 5.53. The van der Waals surface area contributed by atoms with Crippen LogP contribution in [0.15, 0.2) is 102 Å². The molecule has 0 saturated heterocycles. The van der Waals surface area contributed by atoms with E-state index in [1.807, 2.05) is 66.7 Å². The van der Waals surface area contributed by atoms with E-state index >= 15 is 0 Å². The van der Waals surface area contributed by atoms with Gasteiger partial charge in [-0.2, -0.15) is 0 Å². The quantitative estimate of drug-likeness (QED) is 0.413. The molecule has 0 bridgehead atoms. The molecule has 5 nitrogen and oxygen atoms in total. The smallest absolute Gasteiger partial charge is 0.268 e. The van der Waals surface area contributed by atoms with Crippen LogP contribution in [-0.4, -0.2) is 20.2 Å². The monoisotopic (exact) mass is 376 g/mol. The van der Waals surface area contributed by atoms with Crippen molar-refractivity contribution in [1.29, 1.82) is 0 Å². The Hall–Kier alpha value is -4.12. The van der Waals surface area contributed by atoms with Crippen molar-refractivity contribution in [3.05, 3.63) is 97.3 Å². The summed E-state index contributed by atoms with van der Waals surface area (Å²) in [6.07, 6.45) is 3.39. The lowest BCUT2D eigenvalue weighted by Crippen LogP contribution is -1.92. The first-order valence-electron chi connectivity index (χ1n) is 9.25. The van der Waals surface area contributed by atoms with Crippen LogP contribution in [-0.2, 0) is 0 Å². The number of nitrogens with zero attached hydrogens (tertiary/aromatic N) is 4. The van der Waals surface area contributed by atoms with Gasteiger partial charge in [-0.15, -0.1) is 10.2 Å². The number of rotatable bonds is 4. The molecular formula is C24H16N4O. The number of hydrogen-bond acceptors (Lipinski definition) is 5. The molecule has 0 saturated carbocycles. The molecule has 0 aliphatic carbocycles. The Balaban J connectivity index is 1.55. The Morgan fingerprint density at radius 2 is 1.10 bits per heavy atom. The van der Waals surface area contributed by atoms with Crippen molar-refractivity contribution in [2.45, 2.75) is 0 Å². The van der Waals surface area contributed by atoms with Crippen LogP contribution in [0.2, 0.25) is 0 Å². The number of aromatic nitrogens is 4. The minimum absolute atomic E-state index is 0.343. The summed E-state index contributed by atoms with van der Waals surface area (Å²) in [6.45, 7) is 0. The summed E-state index contributed by atoms with van der Waals surface area (Å²) in [6, 6.07) is 28.0. The molecule has 29 heavy (non-hydrogen) atoms. The Morgan fingerprint density at radius 3 is 1.86 bits per heavy atom. The highest BCUT2D eigenvalue weighted by Crippen LogP contribution is 2.31. The third kappa shape index (κ3) is 3.41. The average molecular weight is 376 g/mol. The van der Waals surface area contributed by atoms with Crippen LogP contribution in [0.5, 0.6) is 0 Å². The topological polar surface area (TPSA) is 64.7 Å². The third-order valence-corrected chi connectivity index (χ3v) is 4.59. The molecule has 0 unspecified atom stereocenters. The van der Waals surface area contributed by atoms with E-state index in [-0.39, 0.29) is 0 Å². The van der Waals surface area contributed by atoms with Crippen molar-refractivity contribution in [1.82, 2.24) is 20.2 Å². The first-order valence-corrected chi connectivity index (χ1v) is 9.25. The van der Waals surface area contributed by atoms with Crippen molar-refractivity contribution in [2.75, 3.05) is 0 Å². The number of benzene rings is 3. The third-order valence-electron chi connectivity index (χ3n) is 4.59. The molecule has 0 atom stereocenters. The van der Waals surface area contributed by atoms with Gasteiger partial charge in [0.25, 0.3) is 5.89 Å². The molecule has 138 valence electrons. The second-order valence-corrected chi connectivity index (χ2v) is 6.48. The zero-order chi connectivity index (χ0) is 19.5. The van der Waals surface area contributed by atoms with Crippen LogP contribution in [0.25, 0.3) is 45.4 Å². The standard InChI is InChI=1S/C24H16N4O/c1-3-9-17(10-4-1)19-13-7-8-14-20(19)21-15-25-16-22(26-21)24-28-27-23(29-24)18-11-5-2-6-12-18/h1-16H. The van der Waals surface area contributed by atoms with E-state index in [1.165, 1.54) is 0 Å². The summed E-state index contributed by atoms with van der Waals surface area (Å²) < 4.78 is 5.84. The van der Waals surface area contributed by atoms with Gasteiger partial charge < -0.3 is 4.42 Å². The fourth-order valence-corrected chi connectivity index (χ4v) is 3.20. The maximum Gasteiger partial charge on any atom is 0.268 e. The van der Waals surface area contributed by atoms with E-state index in [9.17, 15) is 0 Å². The normalized spacial score (nSPS) is 10.8. The molecule has 0 fully saturated rings. The molecule has 0 amide bonds. The molecule has 3 aromatic carbocycles. The van der Waals surface area contributed by atoms with Crippen molar-refractivity contribution in [3.63, 3.8) is 0 Å². The molecule has 5 aromatic rings. The highest BCUT2D eigenvalue weighted by atomic mass is 16.4. The SMILES string of the molecule is c1ccc(-c2nnc(-c3cncc(-c4ccccc4-c4ccccc4)n3)o2)cc1. The van der Waals surface area contributed by atoms with Gasteiger partial charge in [0.05, 0.1) is 18.1 Å². The summed E-state index contributed by atoms with van der Waals surface area (Å²) in [5.41, 5.74) is 5.37. The molecule has 5 rings (SSSR count). The number of hydrogen-bond donors (Lipinski definition) is 0. The van der Waals surface area contributed by atoms with Gasteiger partial charge in [0.15, 0.2) is 0 Å². The van der Waals surface area contributed by atoms with E-state index in [4.69, 9.17) is 9.40 Å². The zero-order valence-corrected chi connectivity index (χ0v) is 15.4. The van der Waals surface area contributed by atoms with E-state index < -0.39 is 0 Å². The zero-order valence-electron chi connectivity index (χ0n) is 15.4. The molecule has 0 N–H and O–H groups in total. The van der Waals surface area contributed by atoms with Crippen LogP contribution >= 0.6 is 0 Å². The minimum atomic E-state index is 0.343. The first kappa shape index (κ1) is 17.0. The van der Waals surface area contributed by atoms with Crippen LogP contribution in [0.3, 0.4) is 0 Å². The maximum absolute atomic E-state index is 5.84. The van der Waals surface area contributed by atoms with Crippen molar-refractivity contribution in [3.8, 4) is 45.4 Å². The van der Waals surface area contributed by atoms with E-state index in [0.717, 1.165) is 27.9 Å². The van der Waals surface area contributed by atoms with Gasteiger partial charge in [0.2, 0.25) is 5.89 Å². The van der Waals surface area contributed by atoms with E-state index in [2.05, 4.69) is 33.4 Å². The van der Waals surface area contributed by atoms with Gasteiger partial charge in [-0.1, -0.05) is 72.8 Å². The van der Waals surface area contributed by atoms with Gasteiger partial charge >= 0.3 is 0 Å². The predicted molar refractivity (Wildman–Crippen MR) is 112 cm³/mol. The summed E-state index contributed by atoms with van der Waals surface area (Å²) in [5.74, 6) is 0.799. The second kappa shape index (κ2) is 7.48. The minimum Gasteiger partial charge on any atom is -0.415 e. The average Bonchev–Trinajstić information content (AvgIpc) is 3.31. The molecule has 2 aromatic heterocycles. The lowest BCUT2D eigenvalue weighted by Gasteiger charge is -2.09. The lowest BCUT2D eigenvalue weighted by molar-refractivity contribution is 0.582. The first-order chi connectivity index (χ1) is 14.4. The molecule has 0 spiro atoms. The summed E-state index contributed by atoms with van der Waals surface area (Å²) >= 11 is 0. The van der Waals surface area contributed by atoms with Gasteiger partial charge in [0.1, 0.15) is 5.69 Å². The Bertz CT molecular complexity index is 1250. The van der Waals surface area contributed by atoms with Gasteiger partial charge in [-0.25, -0.2) is 4.98 Å². The maximum atomic E-state index is 5.84. The van der Waals surface area contributed by atoms with Crippen LogP contribution in [0.1, 0.15) is 0 Å². The van der Waals surface area contributed by atoms with Crippen molar-refractivity contribution < 1.29 is 4.42 Å². The largest absolute Gasteiger partial charge is 0.415 e. The summed E-state index contributed by atoms with van der Waals surface area (Å²) in [4.78, 5) is 9.11. The van der Waals surface area contributed by atoms with Crippen molar-refractivity contribution >= 4 is 0 Å². The van der Waals surface area contributed by atoms with E-state index in [0.29, 0.717) is 17.5 Å². The summed E-state index contributed by atoms with van der Waals surface area (Å²) in [7, 11) is 0. The van der Waals surface area contributed by atoms with E-state index in [1.54, 1.807) is 12.4 Å². The lowest BCUT2D eigenvalue weighted by atomic mass is 9.98. The fraction of sp³-hybridized carbons (Fsp3) is 0. The fourth-order valence-electron chi connectivity index (χ4n) is 3.20. The van der Waals surface area contributed by atoms with Gasteiger partial charge in [-0.3, -0.25) is 4.98 Å². The Labute approximate surface area is 167 Å². The van der Waals surface area contributed by atoms with Crippen LogP contribution in [0, 0.1) is 0 Å². The highest BCUT2D eigenvalue weighted by Gasteiger charge is 2.14. The molecule has 0 aliphatic heterocycles. The second-order valence-electron chi connectivity index (χ2n) is 6.48. The molecule has 5 heteroatoms. The van der Waals surface area contributed by atoms with Crippen LogP contribution in [0.4, 0.5) is 0 Å².